The van der Waals surface area contributed by atoms with Crippen molar-refractivity contribution in [3.63, 3.8) is 0 Å². The Morgan fingerprint density at radius 3 is 2.55 bits per heavy atom. The van der Waals surface area contributed by atoms with Crippen molar-refractivity contribution < 1.29 is 5.11 Å². The van der Waals surface area contributed by atoms with Gasteiger partial charge in [0.1, 0.15) is 0 Å². The van der Waals surface area contributed by atoms with E-state index in [1.165, 1.54) is 19.3 Å². The van der Waals surface area contributed by atoms with Gasteiger partial charge in [0.05, 0.1) is 6.10 Å². The third-order valence-corrected chi connectivity index (χ3v) is 9.99. The van der Waals surface area contributed by atoms with E-state index in [2.05, 4.69) is 71.9 Å². The van der Waals surface area contributed by atoms with E-state index in [0.29, 0.717) is 23.2 Å². The van der Waals surface area contributed by atoms with Gasteiger partial charge in [0, 0.05) is 0 Å². The van der Waals surface area contributed by atoms with E-state index in [0.717, 1.165) is 42.9 Å². The third kappa shape index (κ3) is 3.50. The van der Waals surface area contributed by atoms with Crippen molar-refractivity contribution in [1.29, 1.82) is 0 Å². The molecule has 2 saturated carbocycles. The fourth-order valence-electron chi connectivity index (χ4n) is 7.61. The number of aliphatic hydroxyl groups is 1. The first-order valence-electron chi connectivity index (χ1n) is 12.4. The van der Waals surface area contributed by atoms with Crippen LogP contribution in [-0.4, -0.2) is 11.2 Å². The van der Waals surface area contributed by atoms with Gasteiger partial charge in [-0.3, -0.25) is 0 Å². The maximum Gasteiger partial charge on any atom is 0.0577 e. The molecule has 9 atom stereocenters. The summed E-state index contributed by atoms with van der Waals surface area (Å²) in [6.07, 6.45) is 19.8. The SMILES string of the molecule is CC(C)[C@@H](C)/C=C/[C@@H](C)[C@H]1CC[C@H]2[C@H]3CC=C4C[C@@H](O)CC[C@]4(C)[C@H]3C=C[C@]12C. The topological polar surface area (TPSA) is 20.2 Å². The minimum atomic E-state index is -0.111. The predicted octanol–water partition coefficient (Wildman–Crippen LogP) is 7.19. The van der Waals surface area contributed by atoms with Crippen LogP contribution in [0.5, 0.6) is 0 Å². The Labute approximate surface area is 179 Å². The fourth-order valence-corrected chi connectivity index (χ4v) is 7.61. The summed E-state index contributed by atoms with van der Waals surface area (Å²) in [5.74, 6) is 5.11. The zero-order valence-electron chi connectivity index (χ0n) is 19.7. The van der Waals surface area contributed by atoms with Crippen LogP contribution in [0, 0.1) is 52.3 Å². The van der Waals surface area contributed by atoms with E-state index in [1.54, 1.807) is 5.57 Å². The highest BCUT2D eigenvalue weighted by Gasteiger charge is 2.57. The molecule has 4 aliphatic rings. The molecule has 0 aromatic heterocycles. The lowest BCUT2D eigenvalue weighted by Gasteiger charge is -2.55. The molecule has 4 aliphatic carbocycles. The molecule has 0 saturated heterocycles. The highest BCUT2D eigenvalue weighted by atomic mass is 16.3. The van der Waals surface area contributed by atoms with Crippen LogP contribution in [0.3, 0.4) is 0 Å². The number of fused-ring (bicyclic) bond motifs is 5. The van der Waals surface area contributed by atoms with Crippen molar-refractivity contribution in [3.8, 4) is 0 Å². The van der Waals surface area contributed by atoms with E-state index in [9.17, 15) is 5.11 Å². The minimum absolute atomic E-state index is 0.111. The third-order valence-electron chi connectivity index (χ3n) is 9.99. The lowest BCUT2D eigenvalue weighted by Crippen LogP contribution is -2.48. The normalized spacial score (nSPS) is 46.2. The molecule has 162 valence electrons. The number of hydrogen-bond acceptors (Lipinski definition) is 1. The Hall–Kier alpha value is -0.820. The molecule has 1 nitrogen and oxygen atoms in total. The van der Waals surface area contributed by atoms with Crippen molar-refractivity contribution >= 4 is 0 Å². The van der Waals surface area contributed by atoms with Crippen LogP contribution in [0.25, 0.3) is 0 Å². The van der Waals surface area contributed by atoms with E-state index in [1.807, 2.05) is 0 Å². The van der Waals surface area contributed by atoms with Crippen molar-refractivity contribution in [1.82, 2.24) is 0 Å². The average molecular weight is 397 g/mol. The summed E-state index contributed by atoms with van der Waals surface area (Å²) in [5, 5.41) is 10.2. The molecule has 0 unspecified atom stereocenters. The van der Waals surface area contributed by atoms with Gasteiger partial charge >= 0.3 is 0 Å². The molecule has 0 aromatic rings. The summed E-state index contributed by atoms with van der Waals surface area (Å²) in [6, 6.07) is 0. The molecule has 0 bridgehead atoms. The van der Waals surface area contributed by atoms with Gasteiger partial charge in [0.15, 0.2) is 0 Å². The Bertz CT molecular complexity index is 699. The summed E-state index contributed by atoms with van der Waals surface area (Å²) in [4.78, 5) is 0. The second-order valence-corrected chi connectivity index (χ2v) is 11.8. The van der Waals surface area contributed by atoms with Crippen LogP contribution in [0.1, 0.15) is 80.1 Å². The number of aliphatic hydroxyl groups excluding tert-OH is 1. The fraction of sp³-hybridized carbons (Fsp3) is 0.786. The Kier molecular flexibility index (Phi) is 5.69. The standard InChI is InChI=1S/C28H44O/c1-18(2)19(3)7-8-20(4)24-11-12-25-23-10-9-21-17-22(29)13-15-27(21,5)26(23)14-16-28(24,25)6/h7-9,14,16,18-20,22-26,29H,10-13,15,17H2,1-6H3/b8-7+/t19-,20+,22-,23+,24+,25-,26-,27-,28+/m0/s1. The summed E-state index contributed by atoms with van der Waals surface area (Å²) >= 11 is 0. The van der Waals surface area contributed by atoms with Gasteiger partial charge in [-0.1, -0.05) is 77.5 Å². The summed E-state index contributed by atoms with van der Waals surface area (Å²) < 4.78 is 0. The maximum absolute atomic E-state index is 10.2. The Morgan fingerprint density at radius 1 is 1.07 bits per heavy atom. The number of rotatable bonds is 4. The van der Waals surface area contributed by atoms with Crippen molar-refractivity contribution in [2.45, 2.75) is 86.2 Å². The van der Waals surface area contributed by atoms with Gasteiger partial charge in [0.2, 0.25) is 0 Å². The monoisotopic (exact) mass is 396 g/mol. The second-order valence-electron chi connectivity index (χ2n) is 11.8. The molecular formula is C28H44O. The number of hydrogen-bond donors (Lipinski definition) is 1. The molecule has 1 heteroatoms. The zero-order chi connectivity index (χ0) is 21.0. The van der Waals surface area contributed by atoms with Crippen LogP contribution in [0.4, 0.5) is 0 Å². The highest BCUT2D eigenvalue weighted by Crippen LogP contribution is 2.64. The van der Waals surface area contributed by atoms with Gasteiger partial charge in [-0.2, -0.15) is 0 Å². The molecular weight excluding hydrogens is 352 g/mol. The van der Waals surface area contributed by atoms with E-state index in [-0.39, 0.29) is 11.5 Å². The Morgan fingerprint density at radius 2 is 1.83 bits per heavy atom. The molecule has 0 aromatic carbocycles. The molecule has 2 fully saturated rings. The van der Waals surface area contributed by atoms with Crippen LogP contribution >= 0.6 is 0 Å². The van der Waals surface area contributed by atoms with Crippen LogP contribution in [0.15, 0.2) is 36.0 Å². The molecule has 0 spiro atoms. The van der Waals surface area contributed by atoms with Crippen molar-refractivity contribution in [2.24, 2.45) is 52.3 Å². The van der Waals surface area contributed by atoms with E-state index in [4.69, 9.17) is 0 Å². The highest BCUT2D eigenvalue weighted by molar-refractivity contribution is 5.30. The molecule has 0 radical (unpaired) electrons. The smallest absolute Gasteiger partial charge is 0.0577 e. The van der Waals surface area contributed by atoms with Crippen LogP contribution in [0.2, 0.25) is 0 Å². The number of allylic oxidation sites excluding steroid dienone is 5. The first kappa shape index (κ1) is 21.4. The molecule has 0 aliphatic heterocycles. The van der Waals surface area contributed by atoms with Crippen molar-refractivity contribution in [3.05, 3.63) is 36.0 Å². The lowest BCUT2D eigenvalue weighted by atomic mass is 9.49. The second kappa shape index (κ2) is 7.70. The van der Waals surface area contributed by atoms with Gasteiger partial charge < -0.3 is 5.11 Å². The van der Waals surface area contributed by atoms with Crippen molar-refractivity contribution in [2.75, 3.05) is 0 Å². The quantitative estimate of drug-likeness (QED) is 0.499. The zero-order valence-corrected chi connectivity index (χ0v) is 19.7. The summed E-state index contributed by atoms with van der Waals surface area (Å²) in [7, 11) is 0. The van der Waals surface area contributed by atoms with Crippen LogP contribution in [-0.2, 0) is 0 Å². The van der Waals surface area contributed by atoms with E-state index < -0.39 is 0 Å². The predicted molar refractivity (Wildman–Crippen MR) is 123 cm³/mol. The van der Waals surface area contributed by atoms with Gasteiger partial charge in [0.25, 0.3) is 0 Å². The summed E-state index contributed by atoms with van der Waals surface area (Å²) in [6.45, 7) is 14.5. The van der Waals surface area contributed by atoms with Crippen LogP contribution < -0.4 is 0 Å². The minimum Gasteiger partial charge on any atom is -0.393 e. The molecule has 0 amide bonds. The first-order chi connectivity index (χ1) is 13.7. The maximum atomic E-state index is 10.2. The molecule has 4 rings (SSSR count). The average Bonchev–Trinajstić information content (AvgIpc) is 3.03. The van der Waals surface area contributed by atoms with E-state index >= 15 is 0 Å². The molecule has 29 heavy (non-hydrogen) atoms. The summed E-state index contributed by atoms with van der Waals surface area (Å²) in [5.41, 5.74) is 2.19. The lowest BCUT2D eigenvalue weighted by molar-refractivity contribution is 0.0210. The van der Waals surface area contributed by atoms with Gasteiger partial charge in [-0.25, -0.2) is 0 Å². The molecule has 0 heterocycles. The van der Waals surface area contributed by atoms with Gasteiger partial charge in [-0.15, -0.1) is 0 Å². The largest absolute Gasteiger partial charge is 0.393 e. The first-order valence-corrected chi connectivity index (χ1v) is 12.4. The molecule has 1 N–H and O–H groups in total. The Balaban J connectivity index is 1.57. The van der Waals surface area contributed by atoms with Gasteiger partial charge in [-0.05, 0) is 90.8 Å².